The molecule has 0 saturated carbocycles. The highest BCUT2D eigenvalue weighted by molar-refractivity contribution is 7.10. The molecule has 0 atom stereocenters. The quantitative estimate of drug-likeness (QED) is 0.849. The van der Waals surface area contributed by atoms with Crippen molar-refractivity contribution in [2.24, 2.45) is 7.05 Å². The van der Waals surface area contributed by atoms with Gasteiger partial charge in [-0.2, -0.15) is 5.10 Å². The fourth-order valence-corrected chi connectivity index (χ4v) is 2.93. The van der Waals surface area contributed by atoms with Crippen LogP contribution in [0.5, 0.6) is 0 Å². The third-order valence-electron chi connectivity index (χ3n) is 3.09. The normalized spacial score (nSPS) is 10.8. The van der Waals surface area contributed by atoms with Gasteiger partial charge in [-0.3, -0.25) is 4.68 Å². The van der Waals surface area contributed by atoms with Gasteiger partial charge in [-0.1, -0.05) is 6.92 Å². The van der Waals surface area contributed by atoms with E-state index in [-0.39, 0.29) is 5.56 Å². The van der Waals surface area contributed by atoms with E-state index in [0.717, 1.165) is 13.0 Å². The number of aromatic carboxylic acids is 1. The number of aryl methyl sites for hydroxylation is 2. The van der Waals surface area contributed by atoms with Gasteiger partial charge in [0.1, 0.15) is 5.56 Å². The van der Waals surface area contributed by atoms with Gasteiger partial charge in [-0.15, -0.1) is 11.3 Å². The highest BCUT2D eigenvalue weighted by Gasteiger charge is 2.14. The lowest BCUT2D eigenvalue weighted by molar-refractivity contribution is 0.0695. The summed E-state index contributed by atoms with van der Waals surface area (Å²) in [6.07, 6.45) is 2.41. The molecule has 0 aliphatic carbocycles. The summed E-state index contributed by atoms with van der Waals surface area (Å²) < 4.78 is 1.60. The molecule has 0 aliphatic rings. The van der Waals surface area contributed by atoms with Crippen LogP contribution in [0.15, 0.2) is 17.6 Å². The highest BCUT2D eigenvalue weighted by atomic mass is 32.1. The van der Waals surface area contributed by atoms with E-state index in [1.807, 2.05) is 0 Å². The standard InChI is InChI=1S/C13H17N3O2S/c1-3-9-4-5-19-12(9)8-14-7-11-10(13(17)18)6-15-16(11)2/h4-6,14H,3,7-8H2,1-2H3,(H,17,18). The first kappa shape index (κ1) is 13.8. The van der Waals surface area contributed by atoms with Gasteiger partial charge in [0.2, 0.25) is 0 Å². The molecule has 2 aromatic heterocycles. The predicted molar refractivity (Wildman–Crippen MR) is 74.4 cm³/mol. The number of carbonyl (C=O) groups is 1. The number of hydrogen-bond donors (Lipinski definition) is 2. The minimum Gasteiger partial charge on any atom is -0.478 e. The van der Waals surface area contributed by atoms with Crippen LogP contribution in [0.1, 0.15) is 33.4 Å². The van der Waals surface area contributed by atoms with Crippen LogP contribution < -0.4 is 5.32 Å². The molecule has 0 aromatic carbocycles. The summed E-state index contributed by atoms with van der Waals surface area (Å²) in [6, 6.07) is 2.13. The van der Waals surface area contributed by atoms with Crippen molar-refractivity contribution in [3.63, 3.8) is 0 Å². The van der Waals surface area contributed by atoms with Crippen LogP contribution in [0.2, 0.25) is 0 Å². The van der Waals surface area contributed by atoms with Crippen LogP contribution >= 0.6 is 11.3 Å². The van der Waals surface area contributed by atoms with Gasteiger partial charge < -0.3 is 10.4 Å². The average Bonchev–Trinajstić information content (AvgIpc) is 2.97. The second-order valence-corrected chi connectivity index (χ2v) is 5.26. The lowest BCUT2D eigenvalue weighted by Gasteiger charge is -2.07. The summed E-state index contributed by atoms with van der Waals surface area (Å²) in [5, 5.41) is 18.4. The molecule has 0 radical (unpaired) electrons. The zero-order chi connectivity index (χ0) is 13.8. The first-order valence-electron chi connectivity index (χ1n) is 6.13. The molecule has 0 aliphatic heterocycles. The smallest absolute Gasteiger partial charge is 0.339 e. The average molecular weight is 279 g/mol. The zero-order valence-corrected chi connectivity index (χ0v) is 11.8. The van der Waals surface area contributed by atoms with Gasteiger partial charge >= 0.3 is 5.97 Å². The van der Waals surface area contributed by atoms with Crippen molar-refractivity contribution in [3.05, 3.63) is 39.3 Å². The van der Waals surface area contributed by atoms with Crippen molar-refractivity contribution in [1.29, 1.82) is 0 Å². The second-order valence-electron chi connectivity index (χ2n) is 4.26. The van der Waals surface area contributed by atoms with E-state index in [0.29, 0.717) is 12.2 Å². The van der Waals surface area contributed by atoms with Crippen molar-refractivity contribution in [2.75, 3.05) is 0 Å². The zero-order valence-electron chi connectivity index (χ0n) is 11.0. The van der Waals surface area contributed by atoms with Gasteiger partial charge in [0.15, 0.2) is 0 Å². The van der Waals surface area contributed by atoms with Gasteiger partial charge in [0, 0.05) is 25.0 Å². The molecule has 0 unspecified atom stereocenters. The fourth-order valence-electron chi connectivity index (χ4n) is 1.98. The third kappa shape index (κ3) is 3.02. The van der Waals surface area contributed by atoms with Crippen LogP contribution in [0, 0.1) is 0 Å². The van der Waals surface area contributed by atoms with Crippen molar-refractivity contribution in [2.45, 2.75) is 26.4 Å². The van der Waals surface area contributed by atoms with E-state index in [4.69, 9.17) is 5.11 Å². The molecule has 5 nitrogen and oxygen atoms in total. The predicted octanol–water partition coefficient (Wildman–Crippen LogP) is 2.03. The van der Waals surface area contributed by atoms with E-state index in [2.05, 4.69) is 28.8 Å². The van der Waals surface area contributed by atoms with Crippen LogP contribution in [-0.4, -0.2) is 20.9 Å². The summed E-state index contributed by atoms with van der Waals surface area (Å²) in [5.74, 6) is -0.935. The van der Waals surface area contributed by atoms with Gasteiger partial charge in [-0.05, 0) is 23.4 Å². The number of carboxylic acids is 1. The Labute approximate surface area is 115 Å². The molecule has 0 fully saturated rings. The van der Waals surface area contributed by atoms with Crippen LogP contribution in [-0.2, 0) is 26.6 Å². The Morgan fingerprint density at radius 1 is 1.53 bits per heavy atom. The molecule has 2 N–H and O–H groups in total. The third-order valence-corrected chi connectivity index (χ3v) is 4.05. The number of nitrogens with zero attached hydrogens (tertiary/aromatic N) is 2. The van der Waals surface area contributed by atoms with Crippen LogP contribution in [0.25, 0.3) is 0 Å². The summed E-state index contributed by atoms with van der Waals surface area (Å²) in [5.41, 5.74) is 2.31. The molecule has 2 rings (SSSR count). The maximum absolute atomic E-state index is 11.0. The minimum atomic E-state index is -0.935. The molecule has 6 heteroatoms. The first-order chi connectivity index (χ1) is 9.13. The number of aromatic nitrogens is 2. The monoisotopic (exact) mass is 279 g/mol. The first-order valence-corrected chi connectivity index (χ1v) is 7.01. The summed E-state index contributed by atoms with van der Waals surface area (Å²) in [6.45, 7) is 3.39. The largest absolute Gasteiger partial charge is 0.478 e. The molecule has 19 heavy (non-hydrogen) atoms. The topological polar surface area (TPSA) is 67.2 Å². The van der Waals surface area contributed by atoms with Crippen LogP contribution in [0.4, 0.5) is 0 Å². The number of thiophene rings is 1. The van der Waals surface area contributed by atoms with E-state index in [1.54, 1.807) is 23.1 Å². The molecule has 2 heterocycles. The Kier molecular flexibility index (Phi) is 4.34. The molecule has 0 amide bonds. The van der Waals surface area contributed by atoms with E-state index < -0.39 is 5.97 Å². The summed E-state index contributed by atoms with van der Waals surface area (Å²) >= 11 is 1.72. The summed E-state index contributed by atoms with van der Waals surface area (Å²) in [7, 11) is 1.76. The van der Waals surface area contributed by atoms with E-state index >= 15 is 0 Å². The number of hydrogen-bond acceptors (Lipinski definition) is 4. The fraction of sp³-hybridized carbons (Fsp3) is 0.385. The van der Waals surface area contributed by atoms with Crippen molar-refractivity contribution in [3.8, 4) is 0 Å². The Morgan fingerprint density at radius 2 is 2.32 bits per heavy atom. The SMILES string of the molecule is CCc1ccsc1CNCc1c(C(=O)O)cnn1C. The highest BCUT2D eigenvalue weighted by Crippen LogP contribution is 2.17. The summed E-state index contributed by atoms with van der Waals surface area (Å²) in [4.78, 5) is 12.4. The van der Waals surface area contributed by atoms with Gasteiger partial charge in [0.05, 0.1) is 11.9 Å². The molecule has 2 aromatic rings. The molecule has 0 bridgehead atoms. The number of nitrogens with one attached hydrogen (secondary N) is 1. The molecular formula is C13H17N3O2S. The second kappa shape index (κ2) is 5.99. The Hall–Kier alpha value is -1.66. The van der Waals surface area contributed by atoms with Crippen LogP contribution in [0.3, 0.4) is 0 Å². The lowest BCUT2D eigenvalue weighted by Crippen LogP contribution is -2.17. The Morgan fingerprint density at radius 3 is 3.00 bits per heavy atom. The van der Waals surface area contributed by atoms with Gasteiger partial charge in [-0.25, -0.2) is 4.79 Å². The number of rotatable bonds is 6. The van der Waals surface area contributed by atoms with E-state index in [1.165, 1.54) is 16.6 Å². The van der Waals surface area contributed by atoms with Gasteiger partial charge in [0.25, 0.3) is 0 Å². The van der Waals surface area contributed by atoms with Crippen molar-refractivity contribution in [1.82, 2.24) is 15.1 Å². The maximum atomic E-state index is 11.0. The maximum Gasteiger partial charge on any atom is 0.339 e. The molecule has 0 spiro atoms. The molecule has 102 valence electrons. The minimum absolute atomic E-state index is 0.261. The van der Waals surface area contributed by atoms with Crippen molar-refractivity contribution >= 4 is 17.3 Å². The molecule has 0 saturated heterocycles. The van der Waals surface area contributed by atoms with Crippen molar-refractivity contribution < 1.29 is 9.90 Å². The lowest BCUT2D eigenvalue weighted by atomic mass is 10.2. The molecular weight excluding hydrogens is 262 g/mol. The van der Waals surface area contributed by atoms with E-state index in [9.17, 15) is 4.79 Å². The Bertz CT molecular complexity index is 574. The number of carboxylic acid groups (broad SMARTS) is 1. The Balaban J connectivity index is 2.00.